The lowest BCUT2D eigenvalue weighted by molar-refractivity contribution is 0.385. The van der Waals surface area contributed by atoms with Crippen molar-refractivity contribution in [3.8, 4) is 0 Å². The highest BCUT2D eigenvalue weighted by molar-refractivity contribution is 5.06. The molecule has 1 heteroatoms. The number of nitrogens with one attached hydrogen (secondary N) is 1. The molecule has 0 saturated heterocycles. The second kappa shape index (κ2) is 3.61. The zero-order valence-corrected chi connectivity index (χ0v) is 7.97. The molecule has 0 aromatic carbocycles. The molecule has 0 amide bonds. The Morgan fingerprint density at radius 2 is 2.08 bits per heavy atom. The summed E-state index contributed by atoms with van der Waals surface area (Å²) in [6, 6.07) is 0.856. The van der Waals surface area contributed by atoms with Gasteiger partial charge in [-0.2, -0.15) is 0 Å². The average molecular weight is 165 g/mol. The van der Waals surface area contributed by atoms with Crippen LogP contribution >= 0.6 is 0 Å². The highest BCUT2D eigenvalue weighted by Crippen LogP contribution is 2.28. The van der Waals surface area contributed by atoms with Crippen LogP contribution in [-0.4, -0.2) is 12.6 Å². The van der Waals surface area contributed by atoms with E-state index in [2.05, 4.69) is 18.3 Å². The van der Waals surface area contributed by atoms with Crippen LogP contribution < -0.4 is 5.32 Å². The van der Waals surface area contributed by atoms with E-state index >= 15 is 0 Å². The fourth-order valence-electron chi connectivity index (χ4n) is 1.66. The van der Waals surface area contributed by atoms with Crippen molar-refractivity contribution in [1.82, 2.24) is 5.32 Å². The van der Waals surface area contributed by atoms with Crippen molar-refractivity contribution in [2.45, 2.75) is 45.1 Å². The Balaban J connectivity index is 1.66. The first kappa shape index (κ1) is 8.31. The lowest BCUT2D eigenvalue weighted by Gasteiger charge is -2.22. The summed E-state index contributed by atoms with van der Waals surface area (Å²) in [6.45, 7) is 3.38. The lowest BCUT2D eigenvalue weighted by Crippen LogP contribution is -2.19. The molecule has 0 aromatic heterocycles. The molecule has 2 aliphatic rings. The third kappa shape index (κ3) is 2.34. The quantitative estimate of drug-likeness (QED) is 0.631. The van der Waals surface area contributed by atoms with Crippen molar-refractivity contribution < 1.29 is 0 Å². The Hall–Kier alpha value is -0.300. The van der Waals surface area contributed by atoms with E-state index in [-0.39, 0.29) is 0 Å². The monoisotopic (exact) mass is 165 g/mol. The van der Waals surface area contributed by atoms with Crippen LogP contribution in [0, 0.1) is 5.92 Å². The van der Waals surface area contributed by atoms with Gasteiger partial charge >= 0.3 is 0 Å². The molecular weight excluding hydrogens is 146 g/mol. The first-order valence-corrected chi connectivity index (χ1v) is 5.25. The van der Waals surface area contributed by atoms with E-state index in [0.29, 0.717) is 0 Å². The minimum atomic E-state index is 0.856. The largest absolute Gasteiger partial charge is 0.310 e. The maximum Gasteiger partial charge on any atom is 0.0164 e. The molecule has 0 unspecified atom stereocenters. The van der Waals surface area contributed by atoms with Gasteiger partial charge in [-0.1, -0.05) is 18.1 Å². The van der Waals surface area contributed by atoms with Crippen LogP contribution in [0.3, 0.4) is 0 Å². The van der Waals surface area contributed by atoms with Gasteiger partial charge in [0.15, 0.2) is 0 Å². The third-order valence-corrected chi connectivity index (χ3v) is 2.92. The molecule has 0 aliphatic heterocycles. The van der Waals surface area contributed by atoms with Crippen LogP contribution in [-0.2, 0) is 0 Å². The molecule has 1 N–H and O–H groups in total. The number of allylic oxidation sites excluding steroid dienone is 1. The van der Waals surface area contributed by atoms with E-state index in [1.165, 1.54) is 32.1 Å². The van der Waals surface area contributed by atoms with Crippen LogP contribution in [0.4, 0.5) is 0 Å². The van der Waals surface area contributed by atoms with Gasteiger partial charge in [0, 0.05) is 12.6 Å². The Morgan fingerprint density at radius 1 is 1.33 bits per heavy atom. The summed E-state index contributed by atoms with van der Waals surface area (Å²) in [5.41, 5.74) is 1.55. The number of hydrogen-bond donors (Lipinski definition) is 1. The van der Waals surface area contributed by atoms with Crippen molar-refractivity contribution in [2.75, 3.05) is 6.54 Å². The predicted octanol–water partition coefficient (Wildman–Crippen LogP) is 2.48. The Morgan fingerprint density at radius 3 is 2.58 bits per heavy atom. The summed E-state index contributed by atoms with van der Waals surface area (Å²) in [5.74, 6) is 0.922. The summed E-state index contributed by atoms with van der Waals surface area (Å²) in [7, 11) is 0. The maximum atomic E-state index is 3.54. The van der Waals surface area contributed by atoms with Crippen molar-refractivity contribution in [2.24, 2.45) is 5.92 Å². The van der Waals surface area contributed by atoms with Crippen LogP contribution in [0.5, 0.6) is 0 Å². The molecule has 1 nitrogen and oxygen atoms in total. The van der Waals surface area contributed by atoms with Crippen LogP contribution in [0.25, 0.3) is 0 Å². The minimum Gasteiger partial charge on any atom is -0.310 e. The van der Waals surface area contributed by atoms with Gasteiger partial charge < -0.3 is 5.32 Å². The molecule has 0 heterocycles. The fraction of sp³-hybridized carbons (Fsp3) is 0.818. The van der Waals surface area contributed by atoms with E-state index in [4.69, 9.17) is 0 Å². The Bertz CT molecular complexity index is 175. The van der Waals surface area contributed by atoms with Crippen molar-refractivity contribution in [3.05, 3.63) is 11.6 Å². The van der Waals surface area contributed by atoms with Crippen molar-refractivity contribution in [1.29, 1.82) is 0 Å². The van der Waals surface area contributed by atoms with Gasteiger partial charge in [0.05, 0.1) is 0 Å². The van der Waals surface area contributed by atoms with Gasteiger partial charge in [0.2, 0.25) is 0 Å². The number of hydrogen-bond acceptors (Lipinski definition) is 1. The van der Waals surface area contributed by atoms with E-state index in [9.17, 15) is 0 Å². The molecule has 2 rings (SSSR count). The first-order valence-electron chi connectivity index (χ1n) is 5.25. The maximum absolute atomic E-state index is 3.54. The van der Waals surface area contributed by atoms with Crippen molar-refractivity contribution in [3.63, 3.8) is 0 Å². The topological polar surface area (TPSA) is 12.0 Å². The smallest absolute Gasteiger partial charge is 0.0164 e. The normalized spacial score (nSPS) is 25.6. The summed E-state index contributed by atoms with van der Waals surface area (Å²) >= 11 is 0. The van der Waals surface area contributed by atoms with Gasteiger partial charge in [-0.15, -0.1) is 0 Å². The van der Waals surface area contributed by atoms with Crippen molar-refractivity contribution >= 4 is 0 Å². The summed E-state index contributed by atoms with van der Waals surface area (Å²) in [6.07, 6.45) is 9.58. The average Bonchev–Trinajstić information content (AvgIpc) is 2.76. The molecule has 68 valence electrons. The molecular formula is C11H19N. The fourth-order valence-corrected chi connectivity index (χ4v) is 1.66. The zero-order chi connectivity index (χ0) is 8.39. The van der Waals surface area contributed by atoms with E-state index < -0.39 is 0 Å². The molecule has 2 aliphatic carbocycles. The molecule has 2 saturated carbocycles. The van der Waals surface area contributed by atoms with Crippen LogP contribution in [0.1, 0.15) is 39.0 Å². The summed E-state index contributed by atoms with van der Waals surface area (Å²) in [5, 5.41) is 3.54. The highest BCUT2D eigenvalue weighted by Gasteiger charge is 2.20. The SMILES string of the molecule is CC(=CC1CCC1)CNC1CC1. The third-order valence-electron chi connectivity index (χ3n) is 2.92. The lowest BCUT2D eigenvalue weighted by atomic mass is 9.84. The molecule has 12 heavy (non-hydrogen) atoms. The van der Waals surface area contributed by atoms with Gasteiger partial charge in [0.25, 0.3) is 0 Å². The second-order valence-corrected chi connectivity index (χ2v) is 4.36. The summed E-state index contributed by atoms with van der Waals surface area (Å²) < 4.78 is 0. The zero-order valence-electron chi connectivity index (χ0n) is 7.97. The van der Waals surface area contributed by atoms with Gasteiger partial charge in [-0.05, 0) is 38.5 Å². The van der Waals surface area contributed by atoms with E-state index in [1.54, 1.807) is 5.57 Å². The molecule has 0 aromatic rings. The van der Waals surface area contributed by atoms with Gasteiger partial charge in [0.1, 0.15) is 0 Å². The highest BCUT2D eigenvalue weighted by atomic mass is 14.9. The molecule has 0 spiro atoms. The molecule has 0 bridgehead atoms. The van der Waals surface area contributed by atoms with Gasteiger partial charge in [-0.3, -0.25) is 0 Å². The van der Waals surface area contributed by atoms with E-state index in [0.717, 1.165) is 18.5 Å². The Labute approximate surface area is 75.2 Å². The molecule has 0 atom stereocenters. The second-order valence-electron chi connectivity index (χ2n) is 4.36. The first-order chi connectivity index (χ1) is 5.84. The van der Waals surface area contributed by atoms with E-state index in [1.807, 2.05) is 0 Å². The standard InChI is InChI=1S/C11H19N/c1-9(7-10-3-2-4-10)8-12-11-5-6-11/h7,10-12H,2-6,8H2,1H3. The minimum absolute atomic E-state index is 0.856. The molecule has 0 radical (unpaired) electrons. The Kier molecular flexibility index (Phi) is 2.50. The summed E-state index contributed by atoms with van der Waals surface area (Å²) in [4.78, 5) is 0. The van der Waals surface area contributed by atoms with Crippen LogP contribution in [0.2, 0.25) is 0 Å². The van der Waals surface area contributed by atoms with Gasteiger partial charge in [-0.25, -0.2) is 0 Å². The predicted molar refractivity (Wildman–Crippen MR) is 52.1 cm³/mol. The number of rotatable bonds is 4. The van der Waals surface area contributed by atoms with Crippen LogP contribution in [0.15, 0.2) is 11.6 Å². The molecule has 2 fully saturated rings.